The van der Waals surface area contributed by atoms with Crippen LogP contribution in [-0.2, 0) is 4.79 Å². The van der Waals surface area contributed by atoms with Crippen LogP contribution < -0.4 is 15.5 Å². The van der Waals surface area contributed by atoms with Gasteiger partial charge < -0.3 is 15.5 Å². The Balaban J connectivity index is 1.39. The Hall–Kier alpha value is -2.28. The molecular formula is C24H27ClN3O2S+. The number of fused-ring (bicyclic) bond motifs is 1. The van der Waals surface area contributed by atoms with Gasteiger partial charge in [0.15, 0.2) is 0 Å². The van der Waals surface area contributed by atoms with Gasteiger partial charge in [0.1, 0.15) is 0 Å². The topological polar surface area (TPSA) is 62.6 Å². The highest BCUT2D eigenvalue weighted by molar-refractivity contribution is 8.04. The van der Waals surface area contributed by atoms with Crippen LogP contribution in [0.3, 0.4) is 0 Å². The van der Waals surface area contributed by atoms with E-state index in [4.69, 9.17) is 11.6 Å². The van der Waals surface area contributed by atoms with Crippen LogP contribution in [0.25, 0.3) is 6.08 Å². The van der Waals surface area contributed by atoms with Crippen molar-refractivity contribution < 1.29 is 14.5 Å². The highest BCUT2D eigenvalue weighted by Gasteiger charge is 2.23. The third-order valence-corrected chi connectivity index (χ3v) is 7.23. The van der Waals surface area contributed by atoms with E-state index in [0.29, 0.717) is 33.8 Å². The predicted molar refractivity (Wildman–Crippen MR) is 127 cm³/mol. The summed E-state index contributed by atoms with van der Waals surface area (Å²) >= 11 is 7.43. The zero-order valence-electron chi connectivity index (χ0n) is 17.5. The average molecular weight is 457 g/mol. The van der Waals surface area contributed by atoms with Crippen molar-refractivity contribution in [1.29, 1.82) is 0 Å². The van der Waals surface area contributed by atoms with Crippen LogP contribution in [0.15, 0.2) is 52.3 Å². The summed E-state index contributed by atoms with van der Waals surface area (Å²) in [5.41, 5.74) is 2.10. The van der Waals surface area contributed by atoms with E-state index in [0.717, 1.165) is 17.0 Å². The molecule has 162 valence electrons. The Morgan fingerprint density at radius 2 is 2.16 bits per heavy atom. The number of hydrogen-bond acceptors (Lipinski definition) is 3. The molecule has 2 aromatic carbocycles. The molecule has 31 heavy (non-hydrogen) atoms. The van der Waals surface area contributed by atoms with Gasteiger partial charge in [-0.05, 0) is 68.2 Å². The molecule has 1 fully saturated rings. The number of piperidine rings is 1. The standard InChI is InChI=1S/C24H26ClN3O2S/c1-16-5-2-3-11-28(16)12-10-26-23(29)18-8-9-21-20(15-18)27-24(30)22(31-21)14-17-6-4-7-19(25)13-17/h4,6-9,13-16H,2-3,5,10-12H2,1H3,(H,26,29)(H,27,30)/p+1. The molecule has 2 aromatic rings. The summed E-state index contributed by atoms with van der Waals surface area (Å²) in [7, 11) is 0. The lowest BCUT2D eigenvalue weighted by molar-refractivity contribution is -0.927. The maximum atomic E-state index is 12.6. The maximum absolute atomic E-state index is 12.6. The van der Waals surface area contributed by atoms with E-state index in [1.54, 1.807) is 17.0 Å². The largest absolute Gasteiger partial charge is 0.346 e. The maximum Gasteiger partial charge on any atom is 0.262 e. The van der Waals surface area contributed by atoms with Crippen LogP contribution in [0.1, 0.15) is 42.1 Å². The van der Waals surface area contributed by atoms with Gasteiger partial charge in [0.05, 0.1) is 36.3 Å². The van der Waals surface area contributed by atoms with E-state index in [-0.39, 0.29) is 11.8 Å². The van der Waals surface area contributed by atoms with Crippen molar-refractivity contribution in [3.05, 3.63) is 63.5 Å². The fourth-order valence-electron chi connectivity index (χ4n) is 4.11. The Labute approximate surface area is 192 Å². The van der Waals surface area contributed by atoms with E-state index < -0.39 is 0 Å². The van der Waals surface area contributed by atoms with Crippen molar-refractivity contribution in [2.45, 2.75) is 37.1 Å². The van der Waals surface area contributed by atoms with Gasteiger partial charge in [-0.15, -0.1) is 0 Å². The van der Waals surface area contributed by atoms with E-state index in [2.05, 4.69) is 17.6 Å². The molecule has 7 heteroatoms. The van der Waals surface area contributed by atoms with Crippen molar-refractivity contribution in [3.63, 3.8) is 0 Å². The fourth-order valence-corrected chi connectivity index (χ4v) is 5.24. The number of carbonyl (C=O) groups is 2. The van der Waals surface area contributed by atoms with Crippen molar-refractivity contribution >= 4 is 46.9 Å². The third-order valence-electron chi connectivity index (χ3n) is 5.89. The Bertz CT molecular complexity index is 1020. The van der Waals surface area contributed by atoms with E-state index in [1.165, 1.54) is 37.6 Å². The molecule has 2 unspecified atom stereocenters. The number of anilines is 1. The van der Waals surface area contributed by atoms with Gasteiger partial charge in [-0.25, -0.2) is 0 Å². The second-order valence-corrected chi connectivity index (χ2v) is 9.66. The molecular weight excluding hydrogens is 430 g/mol. The minimum absolute atomic E-state index is 0.105. The lowest BCUT2D eigenvalue weighted by Crippen LogP contribution is -3.16. The lowest BCUT2D eigenvalue weighted by Gasteiger charge is -2.30. The van der Waals surface area contributed by atoms with Crippen molar-refractivity contribution in [2.75, 3.05) is 25.0 Å². The summed E-state index contributed by atoms with van der Waals surface area (Å²) in [5, 5.41) is 6.56. The molecule has 4 rings (SSSR count). The SMILES string of the molecule is CC1CCCC[NH+]1CCNC(=O)c1ccc2c(c1)NC(=O)C(=Cc1cccc(Cl)c1)S2. The molecule has 0 aromatic heterocycles. The average Bonchev–Trinajstić information content (AvgIpc) is 2.75. The highest BCUT2D eigenvalue weighted by Crippen LogP contribution is 2.39. The normalized spacial score (nSPS) is 22.0. The van der Waals surface area contributed by atoms with Crippen molar-refractivity contribution in [2.24, 2.45) is 0 Å². The van der Waals surface area contributed by atoms with Gasteiger partial charge in [-0.3, -0.25) is 9.59 Å². The third kappa shape index (κ3) is 5.50. The van der Waals surface area contributed by atoms with Crippen LogP contribution in [0, 0.1) is 0 Å². The first-order valence-corrected chi connectivity index (χ1v) is 11.9. The fraction of sp³-hybridized carbons (Fsp3) is 0.333. The number of thioether (sulfide) groups is 1. The van der Waals surface area contributed by atoms with Crippen LogP contribution in [-0.4, -0.2) is 37.5 Å². The Morgan fingerprint density at radius 1 is 1.29 bits per heavy atom. The lowest BCUT2D eigenvalue weighted by atomic mass is 10.0. The molecule has 0 aliphatic carbocycles. The quantitative estimate of drug-likeness (QED) is 0.602. The van der Waals surface area contributed by atoms with Crippen LogP contribution in [0.5, 0.6) is 0 Å². The molecule has 2 heterocycles. The molecule has 0 spiro atoms. The number of amides is 2. The van der Waals surface area contributed by atoms with Gasteiger partial charge in [0, 0.05) is 15.5 Å². The van der Waals surface area contributed by atoms with Crippen LogP contribution in [0.4, 0.5) is 5.69 Å². The number of likely N-dealkylation sites (tertiary alicyclic amines) is 1. The number of halogens is 1. The molecule has 0 radical (unpaired) electrons. The van der Waals surface area contributed by atoms with Crippen molar-refractivity contribution in [3.8, 4) is 0 Å². The molecule has 1 saturated heterocycles. The summed E-state index contributed by atoms with van der Waals surface area (Å²) in [6, 6.07) is 13.5. The van der Waals surface area contributed by atoms with Gasteiger partial charge in [0.25, 0.3) is 11.8 Å². The monoisotopic (exact) mass is 456 g/mol. The van der Waals surface area contributed by atoms with Gasteiger partial charge >= 0.3 is 0 Å². The molecule has 0 saturated carbocycles. The zero-order valence-corrected chi connectivity index (χ0v) is 19.1. The number of quaternary nitrogens is 1. The summed E-state index contributed by atoms with van der Waals surface area (Å²) in [4.78, 5) is 28.2. The number of hydrogen-bond donors (Lipinski definition) is 3. The van der Waals surface area contributed by atoms with Crippen LogP contribution >= 0.6 is 23.4 Å². The zero-order chi connectivity index (χ0) is 21.8. The molecule has 2 atom stereocenters. The second-order valence-electron chi connectivity index (χ2n) is 8.14. The Morgan fingerprint density at radius 3 is 2.97 bits per heavy atom. The smallest absolute Gasteiger partial charge is 0.262 e. The second kappa shape index (κ2) is 9.90. The first-order valence-electron chi connectivity index (χ1n) is 10.7. The molecule has 5 nitrogen and oxygen atoms in total. The summed E-state index contributed by atoms with van der Waals surface area (Å²) in [5.74, 6) is -0.288. The highest BCUT2D eigenvalue weighted by atomic mass is 35.5. The first kappa shape index (κ1) is 21.9. The van der Waals surface area contributed by atoms with E-state index in [9.17, 15) is 9.59 Å². The number of benzene rings is 2. The molecule has 2 amide bonds. The number of rotatable bonds is 5. The minimum Gasteiger partial charge on any atom is -0.346 e. The summed E-state index contributed by atoms with van der Waals surface area (Å²) in [6.07, 6.45) is 5.66. The first-order chi connectivity index (χ1) is 15.0. The van der Waals surface area contributed by atoms with Gasteiger partial charge in [-0.2, -0.15) is 0 Å². The summed E-state index contributed by atoms with van der Waals surface area (Å²) in [6.45, 7) is 5.07. The molecule has 2 aliphatic rings. The van der Waals surface area contributed by atoms with Gasteiger partial charge in [0.2, 0.25) is 0 Å². The molecule has 3 N–H and O–H groups in total. The van der Waals surface area contributed by atoms with Gasteiger partial charge in [-0.1, -0.05) is 35.5 Å². The van der Waals surface area contributed by atoms with Crippen molar-refractivity contribution in [1.82, 2.24) is 5.32 Å². The summed E-state index contributed by atoms with van der Waals surface area (Å²) < 4.78 is 0. The number of nitrogens with one attached hydrogen (secondary N) is 3. The van der Waals surface area contributed by atoms with E-state index >= 15 is 0 Å². The number of carbonyl (C=O) groups excluding carboxylic acids is 2. The minimum atomic E-state index is -0.183. The molecule has 0 bridgehead atoms. The van der Waals surface area contributed by atoms with Crippen LogP contribution in [0.2, 0.25) is 5.02 Å². The van der Waals surface area contributed by atoms with E-state index in [1.807, 2.05) is 36.4 Å². The predicted octanol–water partition coefficient (Wildman–Crippen LogP) is 3.61. The molecule has 2 aliphatic heterocycles. The Kier molecular flexibility index (Phi) is 7.00.